The zero-order valence-corrected chi connectivity index (χ0v) is 28.2. The SMILES string of the molecule is CCCCc1cccc2c1C=C(C(F)(F)F)[CH]2[Zr]([Cl])([Cl])([CH]1C(C(F)(F)F)=Cc2c(CCCC)cccc21)[SiH](C)C. The van der Waals surface area contributed by atoms with E-state index in [1.54, 1.807) is 49.5 Å². The monoisotopic (exact) mass is 697 g/mol. The molecule has 0 spiro atoms. The molecule has 0 amide bonds. The number of unbranched alkanes of at least 4 members (excludes halogenated alkanes) is 2. The van der Waals surface area contributed by atoms with E-state index in [1.807, 2.05) is 13.8 Å². The van der Waals surface area contributed by atoms with E-state index in [0.29, 0.717) is 35.1 Å². The molecule has 0 fully saturated rings. The number of rotatable bonds is 9. The Hall–Kier alpha value is -0.820. The fourth-order valence-corrected chi connectivity index (χ4v) is 36.7. The van der Waals surface area contributed by atoms with Gasteiger partial charge in [0.25, 0.3) is 0 Å². The normalized spacial score (nSPS) is 20.2. The molecule has 0 nitrogen and oxygen atoms in total. The maximum atomic E-state index is 14.9. The van der Waals surface area contributed by atoms with Crippen LogP contribution in [0.5, 0.6) is 0 Å². The van der Waals surface area contributed by atoms with Gasteiger partial charge in [0.2, 0.25) is 0 Å². The molecule has 40 heavy (non-hydrogen) atoms. The van der Waals surface area contributed by atoms with Crippen molar-refractivity contribution in [2.45, 2.75) is 85.1 Å². The van der Waals surface area contributed by atoms with Gasteiger partial charge in [-0.3, -0.25) is 0 Å². The summed E-state index contributed by atoms with van der Waals surface area (Å²) < 4.78 is 86.2. The second-order valence-corrected chi connectivity index (χ2v) is 54.0. The molecule has 0 radical (unpaired) electrons. The van der Waals surface area contributed by atoms with E-state index in [-0.39, 0.29) is 0 Å². The summed E-state index contributed by atoms with van der Waals surface area (Å²) in [6.45, 7) is 7.48. The molecule has 0 N–H and O–H groups in total. The maximum absolute atomic E-state index is 14.9. The van der Waals surface area contributed by atoms with E-state index >= 15 is 0 Å². The van der Waals surface area contributed by atoms with Crippen LogP contribution in [0.1, 0.15) is 80.2 Å². The molecule has 2 aliphatic carbocycles. The summed E-state index contributed by atoms with van der Waals surface area (Å²) in [6, 6.07) is 10.2. The number of hydrogen-bond acceptors (Lipinski definition) is 0. The van der Waals surface area contributed by atoms with E-state index in [4.69, 9.17) is 17.0 Å². The molecule has 2 aliphatic rings. The Morgan fingerprint density at radius 3 is 1.38 bits per heavy atom. The molecule has 0 heterocycles. The van der Waals surface area contributed by atoms with Gasteiger partial charge >= 0.3 is 243 Å². The Morgan fingerprint density at radius 2 is 1.07 bits per heavy atom. The molecule has 0 aliphatic heterocycles. The van der Waals surface area contributed by atoms with Gasteiger partial charge in [0.1, 0.15) is 0 Å². The van der Waals surface area contributed by atoms with Crippen LogP contribution in [0.15, 0.2) is 47.5 Å². The van der Waals surface area contributed by atoms with Crippen molar-refractivity contribution >= 4 is 35.1 Å². The molecular weight excluding hydrogens is 665 g/mol. The molecule has 10 heteroatoms. The summed E-state index contributed by atoms with van der Waals surface area (Å²) in [5, 5.41) is 0. The van der Waals surface area contributed by atoms with Crippen LogP contribution >= 0.6 is 17.0 Å². The predicted molar refractivity (Wildman–Crippen MR) is 154 cm³/mol. The van der Waals surface area contributed by atoms with Crippen LogP contribution in [0, 0.1) is 0 Å². The fourth-order valence-electron chi connectivity index (χ4n) is 6.62. The summed E-state index contributed by atoms with van der Waals surface area (Å²) >= 11 is -6.21. The van der Waals surface area contributed by atoms with Crippen LogP contribution in [0.25, 0.3) is 12.2 Å². The quantitative estimate of drug-likeness (QED) is 0.181. The van der Waals surface area contributed by atoms with Gasteiger partial charge in [-0.15, -0.1) is 0 Å². The van der Waals surface area contributed by atoms with Crippen LogP contribution in [0.4, 0.5) is 26.3 Å². The zero-order chi connectivity index (χ0) is 29.7. The van der Waals surface area contributed by atoms with Crippen LogP contribution in [-0.2, 0) is 28.4 Å². The Bertz CT molecular complexity index is 1250. The third kappa shape index (κ3) is 5.37. The van der Waals surface area contributed by atoms with Gasteiger partial charge in [0.15, 0.2) is 0 Å². The number of allylic oxidation sites excluding steroid dienone is 2. The van der Waals surface area contributed by atoms with Crippen LogP contribution in [0.3, 0.4) is 0 Å². The first-order chi connectivity index (χ1) is 18.6. The molecule has 2 unspecified atom stereocenters. The number of halogens is 8. The third-order valence-electron chi connectivity index (χ3n) is 8.76. The minimum absolute atomic E-state index is 0.342. The number of fused-ring (bicyclic) bond motifs is 2. The summed E-state index contributed by atoms with van der Waals surface area (Å²) in [7, 11) is 15.3. The molecule has 2 atom stereocenters. The van der Waals surface area contributed by atoms with E-state index in [2.05, 4.69) is 0 Å². The van der Waals surface area contributed by atoms with E-state index in [0.717, 1.165) is 49.0 Å². The van der Waals surface area contributed by atoms with Crippen molar-refractivity contribution in [2.24, 2.45) is 0 Å². The van der Waals surface area contributed by atoms with Crippen molar-refractivity contribution in [3.63, 3.8) is 0 Å². The van der Waals surface area contributed by atoms with Crippen molar-refractivity contribution in [2.75, 3.05) is 0 Å². The summed E-state index contributed by atoms with van der Waals surface area (Å²) in [4.78, 5) is 0. The van der Waals surface area contributed by atoms with Gasteiger partial charge in [-0.05, 0) is 0 Å². The first-order valence-corrected chi connectivity index (χ1v) is 30.3. The topological polar surface area (TPSA) is 0 Å². The van der Waals surface area contributed by atoms with E-state index in [1.165, 1.54) is 0 Å². The van der Waals surface area contributed by atoms with Gasteiger partial charge < -0.3 is 0 Å². The van der Waals surface area contributed by atoms with E-state index in [9.17, 15) is 26.3 Å². The van der Waals surface area contributed by atoms with Crippen LogP contribution < -0.4 is 0 Å². The molecule has 4 rings (SSSR count). The van der Waals surface area contributed by atoms with Crippen molar-refractivity contribution in [1.29, 1.82) is 0 Å². The average molecular weight is 700 g/mol. The summed E-state index contributed by atoms with van der Waals surface area (Å²) in [6.07, 6.45) is -2.90. The van der Waals surface area contributed by atoms with Gasteiger partial charge in [-0.1, -0.05) is 0 Å². The Balaban J connectivity index is 2.05. The van der Waals surface area contributed by atoms with Crippen molar-refractivity contribution < 1.29 is 41.9 Å². The Morgan fingerprint density at radius 1 is 0.700 bits per heavy atom. The second kappa shape index (κ2) is 11.4. The molecule has 0 saturated carbocycles. The first kappa shape index (κ1) is 32.1. The van der Waals surface area contributed by atoms with Gasteiger partial charge in [-0.2, -0.15) is 0 Å². The first-order valence-electron chi connectivity index (χ1n) is 14.0. The van der Waals surface area contributed by atoms with Gasteiger partial charge in [0.05, 0.1) is 0 Å². The Labute approximate surface area is 241 Å². The Kier molecular flexibility index (Phi) is 9.11. The predicted octanol–water partition coefficient (Wildman–Crippen LogP) is 11.1. The average Bonchev–Trinajstić information content (AvgIpc) is 3.47. The van der Waals surface area contributed by atoms with Crippen molar-refractivity contribution in [3.05, 3.63) is 80.9 Å². The van der Waals surface area contributed by atoms with Crippen LogP contribution in [0.2, 0.25) is 13.1 Å². The number of hydrogen-bond donors (Lipinski definition) is 0. The van der Waals surface area contributed by atoms with Gasteiger partial charge in [-0.25, -0.2) is 0 Å². The third-order valence-corrected chi connectivity index (χ3v) is 60.3. The van der Waals surface area contributed by atoms with Crippen molar-refractivity contribution in [3.8, 4) is 0 Å². The zero-order valence-electron chi connectivity index (χ0n) is 23.1. The van der Waals surface area contributed by atoms with E-state index < -0.39 is 52.2 Å². The molecule has 2 aromatic rings. The molecule has 0 saturated heterocycles. The second-order valence-electron chi connectivity index (χ2n) is 11.5. The molecule has 2 aromatic carbocycles. The molecular formula is C30H35Cl2F6SiZr. The summed E-state index contributed by atoms with van der Waals surface area (Å²) in [5.74, 6) is -2.58. The standard InChI is InChI=1S/2C14H14F3.C2H7Si.2ClH.Zr/c2*1-2-3-5-10-6-4-7-11-8-12(9-13(10)11)14(15,16)17;1-3-2;;;/h2*4,6-9H,2-3,5H2,1H3;3H,1-2H3;2*1H;/q;;;;;+2/p-2. The van der Waals surface area contributed by atoms with Crippen LogP contribution in [-0.4, -0.2) is 18.3 Å². The molecule has 0 aromatic heterocycles. The van der Waals surface area contributed by atoms with Gasteiger partial charge in [0, 0.05) is 0 Å². The number of benzene rings is 2. The minimum atomic E-state index is -6.21. The van der Waals surface area contributed by atoms with Crippen molar-refractivity contribution in [1.82, 2.24) is 0 Å². The fraction of sp³-hybridized carbons (Fsp3) is 0.467. The molecule has 219 valence electrons. The number of alkyl halides is 6. The summed E-state index contributed by atoms with van der Waals surface area (Å²) in [5.41, 5.74) is 1.26. The number of aryl methyl sites for hydroxylation is 2. The molecule has 0 bridgehead atoms.